The lowest BCUT2D eigenvalue weighted by molar-refractivity contribution is -0.144. The first-order valence-corrected chi connectivity index (χ1v) is 6.99. The highest BCUT2D eigenvalue weighted by atomic mass is 16.4. The average Bonchev–Trinajstić information content (AvgIpc) is 2.48. The smallest absolute Gasteiger partial charge is 0.306 e. The summed E-state index contributed by atoms with van der Waals surface area (Å²) in [4.78, 5) is 28.9. The minimum atomic E-state index is -0.747. The maximum Gasteiger partial charge on any atom is 0.306 e. The molecule has 0 bridgehead atoms. The number of piperidine rings is 1. The number of aromatic nitrogens is 1. The Kier molecular flexibility index (Phi) is 5.10. The number of carbonyl (C=O) groups is 2. The molecule has 0 saturated carbocycles. The molecule has 1 aromatic heterocycles. The number of carboxylic acids is 1. The van der Waals surface area contributed by atoms with Crippen molar-refractivity contribution in [2.45, 2.75) is 25.8 Å². The third kappa shape index (κ3) is 4.42. The van der Waals surface area contributed by atoms with Crippen molar-refractivity contribution >= 4 is 17.7 Å². The molecule has 0 aromatic carbocycles. The maximum atomic E-state index is 11.9. The second kappa shape index (κ2) is 7.03. The number of carbonyl (C=O) groups excluding carboxylic acids is 1. The Morgan fingerprint density at radius 1 is 1.48 bits per heavy atom. The molecule has 7 heteroatoms. The van der Waals surface area contributed by atoms with Crippen LogP contribution in [0.5, 0.6) is 0 Å². The van der Waals surface area contributed by atoms with E-state index in [9.17, 15) is 9.59 Å². The van der Waals surface area contributed by atoms with Crippen LogP contribution in [0, 0.1) is 5.92 Å². The van der Waals surface area contributed by atoms with Crippen LogP contribution in [0.25, 0.3) is 0 Å². The van der Waals surface area contributed by atoms with Gasteiger partial charge in [0.15, 0.2) is 0 Å². The van der Waals surface area contributed by atoms with Crippen molar-refractivity contribution in [2.75, 3.05) is 18.5 Å². The van der Waals surface area contributed by atoms with Gasteiger partial charge in [0.2, 0.25) is 0 Å². The van der Waals surface area contributed by atoms with Gasteiger partial charge in [0.05, 0.1) is 12.5 Å². The van der Waals surface area contributed by atoms with E-state index in [1.807, 2.05) is 17.9 Å². The molecular formula is C14H20N4O3. The molecule has 1 aliphatic heterocycles. The summed E-state index contributed by atoms with van der Waals surface area (Å²) in [6.45, 7) is 2.82. The fourth-order valence-electron chi connectivity index (χ4n) is 2.47. The predicted molar refractivity (Wildman–Crippen MR) is 77.4 cm³/mol. The van der Waals surface area contributed by atoms with Crippen molar-refractivity contribution in [1.82, 2.24) is 15.3 Å². The Morgan fingerprint density at radius 3 is 2.90 bits per heavy atom. The largest absolute Gasteiger partial charge is 0.481 e. The van der Waals surface area contributed by atoms with Crippen molar-refractivity contribution in [3.63, 3.8) is 0 Å². The highest BCUT2D eigenvalue weighted by molar-refractivity contribution is 5.79. The predicted octanol–water partition coefficient (Wildman–Crippen LogP) is 0.710. The molecule has 2 rings (SSSR count). The zero-order chi connectivity index (χ0) is 15.2. The summed E-state index contributed by atoms with van der Waals surface area (Å²) in [7, 11) is 0. The van der Waals surface area contributed by atoms with E-state index in [1.54, 1.807) is 18.3 Å². The molecular weight excluding hydrogens is 272 g/mol. The van der Waals surface area contributed by atoms with Crippen LogP contribution < -0.4 is 10.9 Å². The number of amides is 1. The van der Waals surface area contributed by atoms with E-state index in [0.717, 1.165) is 0 Å². The quantitative estimate of drug-likeness (QED) is 0.692. The summed E-state index contributed by atoms with van der Waals surface area (Å²) in [5.41, 5.74) is 5.34. The number of likely N-dealkylation sites (tertiary alicyclic amines) is 1. The van der Waals surface area contributed by atoms with E-state index in [4.69, 9.17) is 5.11 Å². The molecule has 114 valence electrons. The van der Waals surface area contributed by atoms with Crippen molar-refractivity contribution in [3.8, 4) is 0 Å². The number of hydrogen-bond donors (Lipinski definition) is 3. The molecule has 0 spiro atoms. The molecule has 2 heterocycles. The zero-order valence-corrected chi connectivity index (χ0v) is 12.0. The first-order valence-electron chi connectivity index (χ1n) is 6.99. The molecule has 0 radical (unpaired) electrons. The van der Waals surface area contributed by atoms with Gasteiger partial charge in [0.25, 0.3) is 5.91 Å². The summed E-state index contributed by atoms with van der Waals surface area (Å²) >= 11 is 0. The molecule has 3 N–H and O–H groups in total. The van der Waals surface area contributed by atoms with E-state index < -0.39 is 5.97 Å². The number of pyridine rings is 1. The number of anilines is 1. The third-order valence-electron chi connectivity index (χ3n) is 3.70. The first kappa shape index (κ1) is 15.2. The van der Waals surface area contributed by atoms with Gasteiger partial charge in [-0.1, -0.05) is 6.07 Å². The number of carboxylic acid groups (broad SMARTS) is 1. The van der Waals surface area contributed by atoms with Gasteiger partial charge in [0.1, 0.15) is 5.82 Å². The second-order valence-corrected chi connectivity index (χ2v) is 5.27. The summed E-state index contributed by atoms with van der Waals surface area (Å²) in [6.07, 6.45) is 2.80. The minimum absolute atomic E-state index is 0.0838. The molecule has 2 unspecified atom stereocenters. The molecule has 1 fully saturated rings. The molecule has 1 amide bonds. The Bertz CT molecular complexity index is 494. The normalized spacial score (nSPS) is 22.5. The highest BCUT2D eigenvalue weighted by Gasteiger charge is 2.30. The Balaban J connectivity index is 1.77. The average molecular weight is 292 g/mol. The highest BCUT2D eigenvalue weighted by Crippen LogP contribution is 2.22. The van der Waals surface area contributed by atoms with Crippen LogP contribution in [0.2, 0.25) is 0 Å². The van der Waals surface area contributed by atoms with Gasteiger partial charge >= 0.3 is 5.97 Å². The first-order chi connectivity index (χ1) is 10.1. The molecule has 0 aliphatic carbocycles. The van der Waals surface area contributed by atoms with Gasteiger partial charge in [-0.15, -0.1) is 0 Å². The minimum Gasteiger partial charge on any atom is -0.481 e. The Hall–Kier alpha value is -2.15. The molecule has 2 atom stereocenters. The number of aliphatic carboxylic acids is 1. The number of rotatable bonds is 5. The zero-order valence-electron chi connectivity index (χ0n) is 12.0. The molecule has 1 aliphatic rings. The van der Waals surface area contributed by atoms with Crippen LogP contribution in [0.4, 0.5) is 5.82 Å². The Morgan fingerprint density at radius 2 is 2.29 bits per heavy atom. The maximum absolute atomic E-state index is 11.9. The van der Waals surface area contributed by atoms with Crippen LogP contribution in [0.1, 0.15) is 19.8 Å². The van der Waals surface area contributed by atoms with E-state index in [-0.39, 0.29) is 24.4 Å². The second-order valence-electron chi connectivity index (χ2n) is 5.27. The third-order valence-corrected chi connectivity index (χ3v) is 3.70. The summed E-state index contributed by atoms with van der Waals surface area (Å²) in [6, 6.07) is 5.45. The monoisotopic (exact) mass is 292 g/mol. The van der Waals surface area contributed by atoms with Crippen LogP contribution in [0.15, 0.2) is 24.4 Å². The molecule has 1 aromatic rings. The Labute approximate surface area is 123 Å². The standard InChI is InChI=1S/C14H20N4O3/c1-10-8-11(14(20)21)5-7-18(10)9-13(19)17-16-12-4-2-3-6-15-12/h2-4,6,10-11H,5,7-9H2,1H3,(H,15,16)(H,17,19)(H,20,21). The van der Waals surface area contributed by atoms with E-state index in [1.165, 1.54) is 0 Å². The lowest BCUT2D eigenvalue weighted by atomic mass is 9.92. The van der Waals surface area contributed by atoms with Crippen molar-refractivity contribution in [2.24, 2.45) is 5.92 Å². The number of nitrogens with zero attached hydrogens (tertiary/aromatic N) is 2. The van der Waals surface area contributed by atoms with Gasteiger partial charge in [-0.05, 0) is 38.4 Å². The lowest BCUT2D eigenvalue weighted by Gasteiger charge is -2.35. The van der Waals surface area contributed by atoms with Gasteiger partial charge in [-0.25, -0.2) is 4.98 Å². The fraction of sp³-hybridized carbons (Fsp3) is 0.500. The van der Waals surface area contributed by atoms with Crippen molar-refractivity contribution < 1.29 is 14.7 Å². The summed E-state index contributed by atoms with van der Waals surface area (Å²) in [5, 5.41) is 9.02. The topological polar surface area (TPSA) is 94.6 Å². The van der Waals surface area contributed by atoms with Gasteiger partial charge in [0, 0.05) is 12.2 Å². The number of hydrogen-bond acceptors (Lipinski definition) is 5. The van der Waals surface area contributed by atoms with Gasteiger partial charge in [-0.3, -0.25) is 25.3 Å². The van der Waals surface area contributed by atoms with Crippen molar-refractivity contribution in [1.29, 1.82) is 0 Å². The SMILES string of the molecule is CC1CC(C(=O)O)CCN1CC(=O)NNc1ccccn1. The van der Waals surface area contributed by atoms with Gasteiger partial charge < -0.3 is 5.11 Å². The van der Waals surface area contributed by atoms with Crippen molar-refractivity contribution in [3.05, 3.63) is 24.4 Å². The van der Waals surface area contributed by atoms with Crippen LogP contribution in [0.3, 0.4) is 0 Å². The molecule has 21 heavy (non-hydrogen) atoms. The number of hydrazine groups is 1. The summed E-state index contributed by atoms with van der Waals surface area (Å²) < 4.78 is 0. The van der Waals surface area contributed by atoms with Crippen LogP contribution >= 0.6 is 0 Å². The van der Waals surface area contributed by atoms with Crippen LogP contribution in [-0.2, 0) is 9.59 Å². The fourth-order valence-corrected chi connectivity index (χ4v) is 2.47. The lowest BCUT2D eigenvalue weighted by Crippen LogP contribution is -2.48. The van der Waals surface area contributed by atoms with E-state index in [0.29, 0.717) is 25.2 Å². The molecule has 7 nitrogen and oxygen atoms in total. The summed E-state index contributed by atoms with van der Waals surface area (Å²) in [5.74, 6) is -0.640. The molecule has 1 saturated heterocycles. The van der Waals surface area contributed by atoms with E-state index in [2.05, 4.69) is 15.8 Å². The number of nitrogens with one attached hydrogen (secondary N) is 2. The van der Waals surface area contributed by atoms with E-state index >= 15 is 0 Å². The van der Waals surface area contributed by atoms with Crippen LogP contribution in [-0.4, -0.2) is 46.0 Å². The van der Waals surface area contributed by atoms with Gasteiger partial charge in [-0.2, -0.15) is 0 Å².